The average Bonchev–Trinajstić information content (AvgIpc) is 3.07. The molecule has 0 radical (unpaired) electrons. The highest BCUT2D eigenvalue weighted by Crippen LogP contribution is 2.43. The lowest BCUT2D eigenvalue weighted by atomic mass is 9.84. The molecule has 0 aromatic carbocycles. The van der Waals surface area contributed by atoms with Gasteiger partial charge < -0.3 is 24.1 Å². The fourth-order valence-electron chi connectivity index (χ4n) is 4.56. The first kappa shape index (κ1) is 28.7. The van der Waals surface area contributed by atoms with E-state index in [0.717, 1.165) is 12.8 Å². The number of ether oxygens (including phenoxy) is 4. The molecular formula is C26H44O8. The molecule has 0 aromatic rings. The Kier molecular flexibility index (Phi) is 9.70. The van der Waals surface area contributed by atoms with Gasteiger partial charge in [-0.2, -0.15) is 0 Å². The fourth-order valence-corrected chi connectivity index (χ4v) is 4.56. The van der Waals surface area contributed by atoms with E-state index in [2.05, 4.69) is 0 Å². The Morgan fingerprint density at radius 2 is 1.76 bits per heavy atom. The summed E-state index contributed by atoms with van der Waals surface area (Å²) in [6.45, 7) is 12.8. The fraction of sp³-hybridized carbons (Fsp3) is 0.885. The average molecular weight is 485 g/mol. The van der Waals surface area contributed by atoms with E-state index in [-0.39, 0.29) is 49.0 Å². The van der Waals surface area contributed by atoms with Crippen molar-refractivity contribution >= 4 is 17.7 Å². The van der Waals surface area contributed by atoms with Gasteiger partial charge in [0.05, 0.1) is 36.9 Å². The third kappa shape index (κ3) is 8.31. The molecule has 0 spiro atoms. The summed E-state index contributed by atoms with van der Waals surface area (Å²) in [6.07, 6.45) is 3.23. The number of Topliss-reactive ketones (excluding diaryl/α,β-unsaturated/α-hetero) is 1. The standard InChI is InChI=1S/C26H44O8/c1-17(20(28)14-22(29)34-25(5,6)7)13-18-10-11-21-26(16-27,33-18)15-19(32-21)9-8-12-31-23(30)24(2,3)4/h17-19,21,27H,8-16H2,1-7H3/t17-,18-,19+,21+,26-/m1/s1. The van der Waals surface area contributed by atoms with Gasteiger partial charge in [-0.25, -0.2) is 0 Å². The van der Waals surface area contributed by atoms with Crippen LogP contribution >= 0.6 is 0 Å². The summed E-state index contributed by atoms with van der Waals surface area (Å²) in [5, 5.41) is 10.2. The van der Waals surface area contributed by atoms with Crippen LogP contribution in [0, 0.1) is 11.3 Å². The minimum atomic E-state index is -0.774. The van der Waals surface area contributed by atoms with Crippen LogP contribution in [-0.2, 0) is 33.3 Å². The van der Waals surface area contributed by atoms with Gasteiger partial charge in [-0.15, -0.1) is 0 Å². The normalized spacial score (nSPS) is 28.2. The molecule has 0 amide bonds. The molecule has 5 atom stereocenters. The molecule has 8 nitrogen and oxygen atoms in total. The van der Waals surface area contributed by atoms with Gasteiger partial charge in [-0.1, -0.05) is 6.92 Å². The number of ketones is 1. The molecule has 2 saturated heterocycles. The molecule has 8 heteroatoms. The zero-order chi connectivity index (χ0) is 25.7. The second-order valence-corrected chi connectivity index (χ2v) is 11.9. The van der Waals surface area contributed by atoms with Crippen molar-refractivity contribution in [3.05, 3.63) is 0 Å². The Morgan fingerprint density at radius 3 is 2.35 bits per heavy atom. The summed E-state index contributed by atoms with van der Waals surface area (Å²) in [5.41, 5.74) is -1.92. The first-order valence-electron chi connectivity index (χ1n) is 12.5. The number of carbonyl (C=O) groups is 3. The SMILES string of the molecule is C[C@H](C[C@H]1CC[C@@H]2O[C@@H](CCCOC(=O)C(C)(C)C)C[C@]2(CO)O1)C(=O)CC(=O)OC(C)(C)C. The molecule has 2 heterocycles. The first-order valence-corrected chi connectivity index (χ1v) is 12.5. The van der Waals surface area contributed by atoms with Gasteiger partial charge in [0, 0.05) is 12.3 Å². The third-order valence-corrected chi connectivity index (χ3v) is 6.36. The van der Waals surface area contributed by atoms with Crippen LogP contribution in [0.1, 0.15) is 93.4 Å². The molecule has 0 saturated carbocycles. The maximum absolute atomic E-state index is 12.5. The van der Waals surface area contributed by atoms with Crippen molar-refractivity contribution in [3.8, 4) is 0 Å². The summed E-state index contributed by atoms with van der Waals surface area (Å²) in [5.74, 6) is -1.24. The lowest BCUT2D eigenvalue weighted by Crippen LogP contribution is -2.51. The molecule has 196 valence electrons. The second kappa shape index (κ2) is 11.5. The predicted molar refractivity (Wildman–Crippen MR) is 126 cm³/mol. The Hall–Kier alpha value is -1.51. The van der Waals surface area contributed by atoms with Crippen LogP contribution < -0.4 is 0 Å². The van der Waals surface area contributed by atoms with Crippen molar-refractivity contribution in [2.75, 3.05) is 13.2 Å². The number of aliphatic hydroxyl groups is 1. The van der Waals surface area contributed by atoms with Crippen LogP contribution in [0.15, 0.2) is 0 Å². The highest BCUT2D eigenvalue weighted by Gasteiger charge is 2.52. The van der Waals surface area contributed by atoms with Crippen LogP contribution in [0.4, 0.5) is 0 Å². The summed E-state index contributed by atoms with van der Waals surface area (Å²) >= 11 is 0. The summed E-state index contributed by atoms with van der Waals surface area (Å²) < 4.78 is 23.1. The Bertz CT molecular complexity index is 719. The van der Waals surface area contributed by atoms with Gasteiger partial charge in [0.15, 0.2) is 0 Å². The molecular weight excluding hydrogens is 440 g/mol. The summed E-state index contributed by atoms with van der Waals surface area (Å²) in [6, 6.07) is 0. The first-order chi connectivity index (χ1) is 15.6. The molecule has 2 aliphatic heterocycles. The Morgan fingerprint density at radius 1 is 1.09 bits per heavy atom. The monoisotopic (exact) mass is 484 g/mol. The second-order valence-electron chi connectivity index (χ2n) is 11.9. The Balaban J connectivity index is 1.82. The van der Waals surface area contributed by atoms with Gasteiger partial charge in [0.25, 0.3) is 0 Å². The smallest absolute Gasteiger partial charge is 0.313 e. The largest absolute Gasteiger partial charge is 0.465 e. The molecule has 0 aliphatic carbocycles. The lowest BCUT2D eigenvalue weighted by Gasteiger charge is -2.41. The molecule has 0 bridgehead atoms. The van der Waals surface area contributed by atoms with Gasteiger partial charge in [0.1, 0.15) is 23.4 Å². The molecule has 34 heavy (non-hydrogen) atoms. The van der Waals surface area contributed by atoms with Crippen LogP contribution in [0.25, 0.3) is 0 Å². The van der Waals surface area contributed by atoms with Gasteiger partial charge in [0.2, 0.25) is 0 Å². The quantitative estimate of drug-likeness (QED) is 0.284. The zero-order valence-electron chi connectivity index (χ0n) is 22.0. The number of aliphatic hydroxyl groups excluding tert-OH is 1. The Labute approximate surface area is 204 Å². The maximum Gasteiger partial charge on any atom is 0.313 e. The maximum atomic E-state index is 12.5. The predicted octanol–water partition coefficient (Wildman–Crippen LogP) is 3.75. The molecule has 1 N–H and O–H groups in total. The molecule has 0 aromatic heterocycles. The minimum Gasteiger partial charge on any atom is -0.465 e. The zero-order valence-corrected chi connectivity index (χ0v) is 22.0. The van der Waals surface area contributed by atoms with Crippen LogP contribution in [0.5, 0.6) is 0 Å². The van der Waals surface area contributed by atoms with E-state index in [4.69, 9.17) is 18.9 Å². The minimum absolute atomic E-state index is 0.0736. The van der Waals surface area contributed by atoms with Crippen LogP contribution in [0.3, 0.4) is 0 Å². The van der Waals surface area contributed by atoms with Crippen molar-refractivity contribution in [2.45, 2.75) is 123 Å². The van der Waals surface area contributed by atoms with E-state index >= 15 is 0 Å². The van der Waals surface area contributed by atoms with Crippen molar-refractivity contribution in [2.24, 2.45) is 11.3 Å². The van der Waals surface area contributed by atoms with E-state index in [9.17, 15) is 19.5 Å². The van der Waals surface area contributed by atoms with E-state index in [1.54, 1.807) is 27.7 Å². The van der Waals surface area contributed by atoms with Crippen molar-refractivity contribution in [3.63, 3.8) is 0 Å². The number of carbonyl (C=O) groups excluding carboxylic acids is 3. The van der Waals surface area contributed by atoms with Crippen LogP contribution in [-0.4, -0.2) is 65.6 Å². The van der Waals surface area contributed by atoms with Crippen molar-refractivity contribution < 1.29 is 38.4 Å². The van der Waals surface area contributed by atoms with Crippen molar-refractivity contribution in [1.82, 2.24) is 0 Å². The third-order valence-electron chi connectivity index (χ3n) is 6.36. The highest BCUT2D eigenvalue weighted by atomic mass is 16.6. The number of hydrogen-bond acceptors (Lipinski definition) is 8. The topological polar surface area (TPSA) is 108 Å². The number of esters is 2. The van der Waals surface area contributed by atoms with E-state index in [1.165, 1.54) is 0 Å². The summed E-state index contributed by atoms with van der Waals surface area (Å²) in [4.78, 5) is 36.4. The van der Waals surface area contributed by atoms with E-state index in [0.29, 0.717) is 32.3 Å². The number of hydrogen-bond donors (Lipinski definition) is 1. The number of rotatable bonds is 10. The molecule has 2 aliphatic rings. The van der Waals surface area contributed by atoms with E-state index in [1.807, 2.05) is 20.8 Å². The molecule has 2 rings (SSSR count). The van der Waals surface area contributed by atoms with Crippen LogP contribution in [0.2, 0.25) is 0 Å². The van der Waals surface area contributed by atoms with Gasteiger partial charge >= 0.3 is 11.9 Å². The van der Waals surface area contributed by atoms with Crippen molar-refractivity contribution in [1.29, 1.82) is 0 Å². The lowest BCUT2D eigenvalue weighted by molar-refractivity contribution is -0.186. The van der Waals surface area contributed by atoms with Gasteiger partial charge in [-0.05, 0) is 73.6 Å². The summed E-state index contributed by atoms with van der Waals surface area (Å²) in [7, 11) is 0. The number of fused-ring (bicyclic) bond motifs is 1. The van der Waals surface area contributed by atoms with Gasteiger partial charge in [-0.3, -0.25) is 14.4 Å². The highest BCUT2D eigenvalue weighted by molar-refractivity contribution is 5.96. The molecule has 2 fully saturated rings. The molecule has 0 unspecified atom stereocenters. The van der Waals surface area contributed by atoms with E-state index < -0.39 is 22.6 Å².